The minimum absolute atomic E-state index is 0.168. The summed E-state index contributed by atoms with van der Waals surface area (Å²) in [6.45, 7) is 8.98. The molecule has 0 amide bonds. The van der Waals surface area contributed by atoms with Crippen LogP contribution in [0.25, 0.3) is 11.2 Å². The molecular weight excluding hydrogens is 320 g/mol. The second-order valence-electron chi connectivity index (χ2n) is 7.04. The molecule has 0 atom stereocenters. The topological polar surface area (TPSA) is 69.7 Å². The van der Waals surface area contributed by atoms with Crippen molar-refractivity contribution in [2.45, 2.75) is 40.2 Å². The Balaban J connectivity index is 2.01. The van der Waals surface area contributed by atoms with Gasteiger partial charge in [-0.05, 0) is 58.4 Å². The van der Waals surface area contributed by atoms with E-state index >= 15 is 0 Å². The van der Waals surface area contributed by atoms with E-state index in [0.29, 0.717) is 33.4 Å². The molecule has 0 bridgehead atoms. The van der Waals surface area contributed by atoms with Crippen molar-refractivity contribution in [2.75, 3.05) is 0 Å². The van der Waals surface area contributed by atoms with Crippen LogP contribution in [0.5, 0.6) is 0 Å². The molecule has 0 aliphatic rings. The highest BCUT2D eigenvalue weighted by molar-refractivity contribution is 6.13. The third kappa shape index (κ3) is 3.09. The number of ether oxygens (including phenoxy) is 1. The summed E-state index contributed by atoms with van der Waals surface area (Å²) in [5.74, 6) is -0.607. The maximum Gasteiger partial charge on any atom is 0.338 e. The van der Waals surface area contributed by atoms with Crippen molar-refractivity contribution in [3.63, 3.8) is 0 Å². The summed E-state index contributed by atoms with van der Waals surface area (Å²) in [6.07, 6.45) is 0. The quantitative estimate of drug-likeness (QED) is 0.388. The van der Waals surface area contributed by atoms with Crippen LogP contribution in [-0.4, -0.2) is 17.4 Å². The zero-order valence-corrected chi connectivity index (χ0v) is 14.9. The van der Waals surface area contributed by atoms with E-state index in [4.69, 9.17) is 13.9 Å². The maximum absolute atomic E-state index is 13.0. The molecule has 0 saturated heterocycles. The van der Waals surface area contributed by atoms with Gasteiger partial charge in [0.25, 0.3) is 0 Å². The summed E-state index contributed by atoms with van der Waals surface area (Å²) in [5.41, 5.74) is 3.29. The summed E-state index contributed by atoms with van der Waals surface area (Å²) in [6, 6.07) is 8.48. The van der Waals surface area contributed by atoms with Gasteiger partial charge >= 0.3 is 5.97 Å². The largest absolute Gasteiger partial charge is 0.456 e. The number of fused-ring (bicyclic) bond motifs is 1. The van der Waals surface area contributed by atoms with Gasteiger partial charge in [0.2, 0.25) is 11.2 Å². The second kappa shape index (κ2) is 5.92. The molecule has 0 unspecified atom stereocenters. The highest BCUT2D eigenvalue weighted by atomic mass is 17.0. The zero-order chi connectivity index (χ0) is 18.4. The van der Waals surface area contributed by atoms with E-state index < -0.39 is 11.6 Å². The van der Waals surface area contributed by atoms with Crippen molar-refractivity contribution in [3.05, 3.63) is 58.1 Å². The van der Waals surface area contributed by atoms with Crippen LogP contribution in [0.1, 0.15) is 58.2 Å². The first-order chi connectivity index (χ1) is 11.7. The van der Waals surface area contributed by atoms with Gasteiger partial charge in [0.05, 0.1) is 5.56 Å². The van der Waals surface area contributed by atoms with Crippen molar-refractivity contribution in [3.8, 4) is 0 Å². The highest BCUT2D eigenvalue weighted by Gasteiger charge is 2.24. The Hall–Kier alpha value is -2.82. The minimum atomic E-state index is -0.598. The summed E-state index contributed by atoms with van der Waals surface area (Å²) in [5, 5.41) is 0. The van der Waals surface area contributed by atoms with Crippen molar-refractivity contribution in [1.82, 2.24) is 0 Å². The lowest BCUT2D eigenvalue weighted by Crippen LogP contribution is -2.24. The lowest BCUT2D eigenvalue weighted by Gasteiger charge is -2.20. The van der Waals surface area contributed by atoms with Gasteiger partial charge < -0.3 is 4.74 Å². The molecule has 0 spiro atoms. The van der Waals surface area contributed by atoms with Crippen LogP contribution in [0.3, 0.4) is 0 Å². The summed E-state index contributed by atoms with van der Waals surface area (Å²) in [7, 11) is 0. The fourth-order valence-electron chi connectivity index (χ4n) is 2.72. The fourth-order valence-corrected chi connectivity index (χ4v) is 2.72. The van der Waals surface area contributed by atoms with Crippen LogP contribution < -0.4 is 0 Å². The van der Waals surface area contributed by atoms with Gasteiger partial charge in [-0.2, -0.15) is 0 Å². The van der Waals surface area contributed by atoms with Crippen LogP contribution in [0, 0.1) is 13.8 Å². The molecular formula is C20H20O5. The normalized spacial score (nSPS) is 11.7. The summed E-state index contributed by atoms with van der Waals surface area (Å²) < 4.78 is 15.2. The Morgan fingerprint density at radius 1 is 0.880 bits per heavy atom. The Labute approximate surface area is 145 Å². The van der Waals surface area contributed by atoms with E-state index in [1.54, 1.807) is 37.3 Å². The molecule has 1 aromatic heterocycles. The van der Waals surface area contributed by atoms with Crippen LogP contribution >= 0.6 is 0 Å². The molecule has 0 saturated carbocycles. The Morgan fingerprint density at radius 3 is 2.12 bits per heavy atom. The number of carbonyl (C=O) groups is 2. The molecule has 25 heavy (non-hydrogen) atoms. The van der Waals surface area contributed by atoms with Crippen LogP contribution in [0.4, 0.5) is 0 Å². The van der Waals surface area contributed by atoms with Crippen LogP contribution in [-0.2, 0) is 4.74 Å². The average molecular weight is 340 g/mol. The van der Waals surface area contributed by atoms with Crippen molar-refractivity contribution in [2.24, 2.45) is 0 Å². The Morgan fingerprint density at radius 2 is 1.52 bits per heavy atom. The van der Waals surface area contributed by atoms with E-state index in [9.17, 15) is 9.59 Å². The first-order valence-electron chi connectivity index (χ1n) is 8.05. The number of aryl methyl sites for hydroxylation is 1. The third-order valence-corrected chi connectivity index (χ3v) is 4.03. The lowest BCUT2D eigenvalue weighted by atomic mass is 9.93. The molecule has 2 aromatic carbocycles. The van der Waals surface area contributed by atoms with Gasteiger partial charge in [-0.1, -0.05) is 12.1 Å². The molecule has 130 valence electrons. The van der Waals surface area contributed by atoms with E-state index in [0.717, 1.165) is 5.56 Å². The number of hydrogen-bond donors (Lipinski definition) is 0. The molecule has 1 heterocycles. The Kier molecular flexibility index (Phi) is 4.03. The number of benzene rings is 2. The van der Waals surface area contributed by atoms with Gasteiger partial charge in [0.15, 0.2) is 5.78 Å². The van der Waals surface area contributed by atoms with Crippen molar-refractivity contribution in [1.29, 1.82) is 0 Å². The van der Waals surface area contributed by atoms with E-state index in [1.807, 2.05) is 27.7 Å². The molecule has 5 heteroatoms. The molecule has 3 rings (SSSR count). The monoisotopic (exact) mass is 340 g/mol. The summed E-state index contributed by atoms with van der Waals surface area (Å²) in [4.78, 5) is 25.4. The van der Waals surface area contributed by atoms with Gasteiger partial charge in [0.1, 0.15) is 5.60 Å². The van der Waals surface area contributed by atoms with Crippen molar-refractivity contribution >= 4 is 22.9 Å². The van der Waals surface area contributed by atoms with E-state index in [2.05, 4.69) is 0 Å². The molecule has 3 aromatic rings. The summed E-state index contributed by atoms with van der Waals surface area (Å²) >= 11 is 0. The second-order valence-corrected chi connectivity index (χ2v) is 7.04. The molecule has 0 radical (unpaired) electrons. The third-order valence-electron chi connectivity index (χ3n) is 4.03. The molecule has 0 N–H and O–H groups in total. The van der Waals surface area contributed by atoms with Crippen LogP contribution in [0.2, 0.25) is 0 Å². The fraction of sp³-hybridized carbons (Fsp3) is 0.300. The van der Waals surface area contributed by atoms with Gasteiger partial charge in [0, 0.05) is 16.7 Å². The molecule has 0 aliphatic carbocycles. The smallest absolute Gasteiger partial charge is 0.338 e. The zero-order valence-electron chi connectivity index (χ0n) is 14.9. The average Bonchev–Trinajstić information content (AvgIpc) is 2.47. The van der Waals surface area contributed by atoms with Gasteiger partial charge in [-0.15, -0.1) is 0 Å². The van der Waals surface area contributed by atoms with Crippen LogP contribution in [0.15, 0.2) is 39.5 Å². The predicted octanol–water partition coefficient (Wildman–Crippen LogP) is 4.83. The minimum Gasteiger partial charge on any atom is -0.456 e. The number of carbonyl (C=O) groups excluding carboxylic acids is 2. The highest BCUT2D eigenvalue weighted by Crippen LogP contribution is 2.28. The molecule has 0 fully saturated rings. The number of hydrogen-bond acceptors (Lipinski definition) is 5. The first-order valence-corrected chi connectivity index (χ1v) is 8.05. The maximum atomic E-state index is 13.0. The molecule has 0 aliphatic heterocycles. The van der Waals surface area contributed by atoms with E-state index in [1.165, 1.54) is 0 Å². The predicted molar refractivity (Wildman–Crippen MR) is 93.0 cm³/mol. The lowest BCUT2D eigenvalue weighted by molar-refractivity contribution is 0.00687. The number of esters is 1. The van der Waals surface area contributed by atoms with Gasteiger partial charge in [-0.3, -0.25) is 13.9 Å². The SMILES string of the molecule is Cc1c(C(=O)OC(C)(C)C)cccc1C(=O)c1ccc2ooc2c1C. The first kappa shape index (κ1) is 17.0. The van der Waals surface area contributed by atoms with Crippen molar-refractivity contribution < 1.29 is 23.5 Å². The van der Waals surface area contributed by atoms with E-state index in [-0.39, 0.29) is 5.78 Å². The van der Waals surface area contributed by atoms with Gasteiger partial charge in [-0.25, -0.2) is 4.79 Å². The molecule has 5 nitrogen and oxygen atoms in total. The number of ketones is 1. The Bertz CT molecular complexity index is 966. The standard InChI is InChI=1S/C20H20O5/c1-11-13(7-6-8-15(11)19(22)23-20(3,4)5)17(21)14-9-10-16-18(12(14)2)25-24-16/h6-10H,1-5H3. The number of rotatable bonds is 3.